The van der Waals surface area contributed by atoms with Crippen molar-refractivity contribution in [2.75, 3.05) is 9.80 Å². The highest BCUT2D eigenvalue weighted by Crippen LogP contribution is 2.56. The molecule has 0 unspecified atom stereocenters. The average molecular weight is 937 g/mol. The predicted molar refractivity (Wildman–Crippen MR) is 305 cm³/mol. The van der Waals surface area contributed by atoms with E-state index in [0.717, 1.165) is 67.5 Å². The van der Waals surface area contributed by atoms with Gasteiger partial charge in [-0.2, -0.15) is 0 Å². The fraction of sp³-hybridized carbons (Fsp3) is 0.0857. The van der Waals surface area contributed by atoms with E-state index >= 15 is 0 Å². The summed E-state index contributed by atoms with van der Waals surface area (Å²) in [5.74, 6) is 1.70. The summed E-state index contributed by atoms with van der Waals surface area (Å²) in [5, 5.41) is 2.21. The number of anilines is 6. The molecule has 0 spiro atoms. The molecule has 3 nitrogen and oxygen atoms in total. The highest BCUT2D eigenvalue weighted by Gasteiger charge is 2.39. The number of hydrogen-bond acceptors (Lipinski definition) is 3. The van der Waals surface area contributed by atoms with Crippen LogP contribution in [-0.2, 0) is 10.8 Å². The van der Waals surface area contributed by atoms with Crippen LogP contribution >= 0.6 is 0 Å². The molecule has 11 aromatic carbocycles. The van der Waals surface area contributed by atoms with Crippen molar-refractivity contribution in [1.82, 2.24) is 0 Å². The second-order valence-electron chi connectivity index (χ2n) is 20.8. The Bertz CT molecular complexity index is 3790. The van der Waals surface area contributed by atoms with Crippen LogP contribution in [0.2, 0.25) is 0 Å². The van der Waals surface area contributed by atoms with E-state index in [4.69, 9.17) is 4.74 Å². The molecule has 0 amide bonds. The van der Waals surface area contributed by atoms with Crippen molar-refractivity contribution in [2.45, 2.75) is 38.5 Å². The first kappa shape index (κ1) is 42.9. The molecule has 0 saturated carbocycles. The first-order valence-electron chi connectivity index (χ1n) is 25.5. The maximum absolute atomic E-state index is 6.89. The molecular weight excluding hydrogens is 885 g/mol. The van der Waals surface area contributed by atoms with Gasteiger partial charge in [-0.15, -0.1) is 0 Å². The van der Waals surface area contributed by atoms with Gasteiger partial charge in [-0.3, -0.25) is 0 Å². The molecule has 0 N–H and O–H groups in total. The van der Waals surface area contributed by atoms with Crippen molar-refractivity contribution >= 4 is 44.9 Å². The monoisotopic (exact) mass is 936 g/mol. The summed E-state index contributed by atoms with van der Waals surface area (Å²) in [6.07, 6.45) is 0. The van der Waals surface area contributed by atoms with Gasteiger partial charge in [-0.05, 0) is 151 Å². The van der Waals surface area contributed by atoms with Crippen molar-refractivity contribution in [3.8, 4) is 67.1 Å². The Morgan fingerprint density at radius 3 is 1.27 bits per heavy atom. The summed E-state index contributed by atoms with van der Waals surface area (Å²) < 4.78 is 6.89. The van der Waals surface area contributed by atoms with Gasteiger partial charge in [0.15, 0.2) is 0 Å². The molecule has 0 radical (unpaired) electrons. The number of fused-ring (bicyclic) bond motifs is 8. The number of ether oxygens (including phenoxy) is 1. The van der Waals surface area contributed by atoms with Crippen LogP contribution in [0.4, 0.5) is 34.1 Å². The minimum Gasteiger partial charge on any atom is -0.456 e. The van der Waals surface area contributed by atoms with Crippen molar-refractivity contribution in [3.63, 3.8) is 0 Å². The summed E-state index contributed by atoms with van der Waals surface area (Å²) in [7, 11) is 0. The molecule has 0 bridgehead atoms. The van der Waals surface area contributed by atoms with Crippen molar-refractivity contribution in [2.24, 2.45) is 0 Å². The molecule has 14 rings (SSSR count). The zero-order valence-corrected chi connectivity index (χ0v) is 41.4. The lowest BCUT2D eigenvalue weighted by Crippen LogP contribution is -2.16. The predicted octanol–water partition coefficient (Wildman–Crippen LogP) is 19.5. The van der Waals surface area contributed by atoms with Crippen LogP contribution in [0.1, 0.15) is 49.9 Å². The fourth-order valence-corrected chi connectivity index (χ4v) is 12.7. The summed E-state index contributed by atoms with van der Waals surface area (Å²) in [4.78, 5) is 4.74. The molecule has 0 atom stereocenters. The van der Waals surface area contributed by atoms with Gasteiger partial charge < -0.3 is 14.5 Å². The quantitative estimate of drug-likeness (QED) is 0.151. The Balaban J connectivity index is 0.913. The Morgan fingerprint density at radius 2 is 0.726 bits per heavy atom. The number of rotatable bonds is 8. The van der Waals surface area contributed by atoms with Crippen LogP contribution in [0.3, 0.4) is 0 Å². The smallest absolute Gasteiger partial charge is 0.136 e. The second kappa shape index (κ2) is 16.3. The first-order valence-corrected chi connectivity index (χ1v) is 25.5. The van der Waals surface area contributed by atoms with Gasteiger partial charge in [-0.1, -0.05) is 191 Å². The molecular formula is C70H52N2O. The van der Waals surface area contributed by atoms with Crippen LogP contribution < -0.4 is 14.5 Å². The van der Waals surface area contributed by atoms with E-state index in [-0.39, 0.29) is 10.8 Å². The van der Waals surface area contributed by atoms with Crippen LogP contribution in [-0.4, -0.2) is 0 Å². The molecule has 2 aliphatic carbocycles. The Hall–Kier alpha value is -8.92. The van der Waals surface area contributed by atoms with Crippen LogP contribution in [0, 0.1) is 0 Å². The molecule has 3 aliphatic rings. The molecule has 1 heterocycles. The second-order valence-corrected chi connectivity index (χ2v) is 20.8. The highest BCUT2D eigenvalue weighted by molar-refractivity contribution is 6.11. The lowest BCUT2D eigenvalue weighted by Gasteiger charge is -2.30. The minimum absolute atomic E-state index is 0.127. The summed E-state index contributed by atoms with van der Waals surface area (Å²) >= 11 is 0. The number of nitrogens with zero attached hydrogens (tertiary/aromatic N) is 2. The third-order valence-corrected chi connectivity index (χ3v) is 16.0. The number of benzene rings is 11. The van der Waals surface area contributed by atoms with Crippen LogP contribution in [0.5, 0.6) is 11.5 Å². The van der Waals surface area contributed by atoms with Crippen molar-refractivity contribution in [1.29, 1.82) is 0 Å². The van der Waals surface area contributed by atoms with Crippen molar-refractivity contribution < 1.29 is 4.74 Å². The maximum Gasteiger partial charge on any atom is 0.136 e. The van der Waals surface area contributed by atoms with Gasteiger partial charge in [0.25, 0.3) is 0 Å². The normalized spacial score (nSPS) is 13.8. The largest absolute Gasteiger partial charge is 0.456 e. The van der Waals surface area contributed by atoms with E-state index in [9.17, 15) is 0 Å². The third-order valence-electron chi connectivity index (χ3n) is 16.0. The summed E-state index contributed by atoms with van der Waals surface area (Å²) in [6, 6.07) is 88.7. The Kier molecular flexibility index (Phi) is 9.59. The van der Waals surface area contributed by atoms with Crippen LogP contribution in [0.15, 0.2) is 243 Å². The van der Waals surface area contributed by atoms with E-state index in [1.807, 2.05) is 0 Å². The standard InChI is InChI=1S/C70H52N2O/c1-69(2)61-30-13-11-22-54(61)57-27-15-24-52(67(57)69)45-32-36-49(37-33-45)72(50-38-34-46(35-39-50)53-25-16-28-58-55-23-12-14-31-62(55)70(3,4)68(53)58)63-41-43-65-66-56(26-17-29-59(63)66)60-44-51(40-42-64(60)73-65)71(47-18-7-5-8-19-47)48-20-9-6-10-21-48/h5-44H,1-4H3. The third kappa shape index (κ3) is 6.58. The van der Waals surface area contributed by atoms with Crippen LogP contribution in [0.25, 0.3) is 66.4 Å². The molecule has 0 fully saturated rings. The van der Waals surface area contributed by atoms with Crippen molar-refractivity contribution in [3.05, 3.63) is 265 Å². The molecule has 348 valence electrons. The summed E-state index contributed by atoms with van der Waals surface area (Å²) in [6.45, 7) is 9.48. The topological polar surface area (TPSA) is 15.7 Å². The lowest BCUT2D eigenvalue weighted by atomic mass is 9.79. The Labute approximate surface area is 427 Å². The van der Waals surface area contributed by atoms with E-state index in [1.165, 1.54) is 66.8 Å². The molecule has 3 heteroatoms. The van der Waals surface area contributed by atoms with Gasteiger partial charge in [0, 0.05) is 55.6 Å². The van der Waals surface area contributed by atoms with E-state index in [2.05, 4.69) is 280 Å². The minimum atomic E-state index is -0.127. The highest BCUT2D eigenvalue weighted by atomic mass is 16.5. The molecule has 73 heavy (non-hydrogen) atoms. The van der Waals surface area contributed by atoms with Gasteiger partial charge >= 0.3 is 0 Å². The van der Waals surface area contributed by atoms with E-state index in [0.29, 0.717) is 0 Å². The zero-order chi connectivity index (χ0) is 49.0. The average Bonchev–Trinajstić information content (AvgIpc) is 3.82. The summed E-state index contributed by atoms with van der Waals surface area (Å²) in [5.41, 5.74) is 24.2. The van der Waals surface area contributed by atoms with Gasteiger partial charge in [-0.25, -0.2) is 0 Å². The molecule has 1 aliphatic heterocycles. The lowest BCUT2D eigenvalue weighted by molar-refractivity contribution is 0.487. The van der Waals surface area contributed by atoms with Gasteiger partial charge in [0.05, 0.1) is 5.69 Å². The SMILES string of the molecule is CC1(C)c2ccccc2-c2cccc(-c3ccc(N(c4ccc(-c5cccc6c5C(C)(C)c5ccccc5-6)cc4)c4ccc5c6c(cccc46)-c4cc(N(c6ccccc6)c6ccccc6)ccc4O5)cc3)c21. The molecule has 0 aromatic heterocycles. The fourth-order valence-electron chi connectivity index (χ4n) is 12.7. The van der Waals surface area contributed by atoms with Gasteiger partial charge in [0.2, 0.25) is 0 Å². The number of hydrogen-bond donors (Lipinski definition) is 0. The first-order chi connectivity index (χ1) is 35.7. The van der Waals surface area contributed by atoms with Gasteiger partial charge in [0.1, 0.15) is 11.5 Å². The molecule has 0 saturated heterocycles. The van der Waals surface area contributed by atoms with E-state index in [1.54, 1.807) is 0 Å². The molecule has 11 aromatic rings. The Morgan fingerprint density at radius 1 is 0.301 bits per heavy atom. The maximum atomic E-state index is 6.89. The van der Waals surface area contributed by atoms with E-state index < -0.39 is 0 Å². The zero-order valence-electron chi connectivity index (χ0n) is 41.4. The number of para-hydroxylation sites is 2.